The van der Waals surface area contributed by atoms with Crippen molar-refractivity contribution in [2.75, 3.05) is 19.0 Å². The first-order chi connectivity index (χ1) is 9.50. The Kier molecular flexibility index (Phi) is 4.57. The van der Waals surface area contributed by atoms with Gasteiger partial charge in [-0.05, 0) is 43.4 Å². The molecule has 0 saturated carbocycles. The van der Waals surface area contributed by atoms with Crippen molar-refractivity contribution >= 4 is 5.69 Å². The summed E-state index contributed by atoms with van der Waals surface area (Å²) in [6.45, 7) is 0.555. The van der Waals surface area contributed by atoms with Crippen molar-refractivity contribution < 1.29 is 17.9 Å². The Morgan fingerprint density at radius 1 is 1.30 bits per heavy atom. The van der Waals surface area contributed by atoms with Gasteiger partial charge >= 0.3 is 6.18 Å². The summed E-state index contributed by atoms with van der Waals surface area (Å²) in [7, 11) is 1.36. The number of hydrogen-bond donors (Lipinski definition) is 1. The standard InChI is InChI=1S/C15H18F3NO/c1-20-12-7-8-14(13(9-12)15(16,17)18)19-10-11-5-3-2-4-6-11/h2-3,7-9,11,19H,4-6,10H2,1H3. The molecule has 2 rings (SSSR count). The van der Waals surface area contributed by atoms with E-state index in [1.807, 2.05) is 0 Å². The van der Waals surface area contributed by atoms with Crippen molar-refractivity contribution in [1.82, 2.24) is 0 Å². The summed E-state index contributed by atoms with van der Waals surface area (Å²) in [4.78, 5) is 0. The fraction of sp³-hybridized carbons (Fsp3) is 0.467. The maximum atomic E-state index is 13.0. The second-order valence-corrected chi connectivity index (χ2v) is 4.94. The molecule has 0 fully saturated rings. The Labute approximate surface area is 116 Å². The average Bonchev–Trinajstić information content (AvgIpc) is 2.45. The van der Waals surface area contributed by atoms with Gasteiger partial charge < -0.3 is 10.1 Å². The SMILES string of the molecule is COc1ccc(NCC2CC=CCC2)c(C(F)(F)F)c1. The molecule has 0 aliphatic heterocycles. The van der Waals surface area contributed by atoms with Crippen LogP contribution in [0.2, 0.25) is 0 Å². The third-order valence-electron chi connectivity index (χ3n) is 3.49. The van der Waals surface area contributed by atoms with Crippen LogP contribution in [-0.4, -0.2) is 13.7 Å². The highest BCUT2D eigenvalue weighted by molar-refractivity contribution is 5.55. The molecule has 2 nitrogen and oxygen atoms in total. The van der Waals surface area contributed by atoms with Gasteiger partial charge in [-0.15, -0.1) is 0 Å². The normalized spacial score (nSPS) is 18.9. The molecule has 0 bridgehead atoms. The van der Waals surface area contributed by atoms with E-state index in [4.69, 9.17) is 4.74 Å². The molecule has 1 atom stereocenters. The van der Waals surface area contributed by atoms with Gasteiger partial charge in [0.05, 0.1) is 12.7 Å². The molecule has 1 aromatic carbocycles. The molecule has 20 heavy (non-hydrogen) atoms. The van der Waals surface area contributed by atoms with Gasteiger partial charge in [0.25, 0.3) is 0 Å². The van der Waals surface area contributed by atoms with E-state index in [0.29, 0.717) is 12.5 Å². The second-order valence-electron chi connectivity index (χ2n) is 4.94. The van der Waals surface area contributed by atoms with Crippen molar-refractivity contribution in [3.63, 3.8) is 0 Å². The summed E-state index contributed by atoms with van der Waals surface area (Å²) in [5, 5.41) is 2.93. The van der Waals surface area contributed by atoms with Crippen molar-refractivity contribution in [2.24, 2.45) is 5.92 Å². The van der Waals surface area contributed by atoms with Gasteiger partial charge in [-0.2, -0.15) is 13.2 Å². The highest BCUT2D eigenvalue weighted by Gasteiger charge is 2.34. The zero-order chi connectivity index (χ0) is 14.6. The monoisotopic (exact) mass is 285 g/mol. The van der Waals surface area contributed by atoms with Crippen LogP contribution in [0.25, 0.3) is 0 Å². The third-order valence-corrected chi connectivity index (χ3v) is 3.49. The topological polar surface area (TPSA) is 21.3 Å². The molecule has 5 heteroatoms. The van der Waals surface area contributed by atoms with Gasteiger partial charge in [-0.1, -0.05) is 12.2 Å². The Morgan fingerprint density at radius 3 is 2.70 bits per heavy atom. The number of anilines is 1. The first-order valence-corrected chi connectivity index (χ1v) is 6.65. The zero-order valence-corrected chi connectivity index (χ0v) is 11.3. The van der Waals surface area contributed by atoms with Gasteiger partial charge in [0.1, 0.15) is 5.75 Å². The minimum absolute atomic E-state index is 0.118. The van der Waals surface area contributed by atoms with E-state index in [9.17, 15) is 13.2 Å². The van der Waals surface area contributed by atoms with E-state index in [0.717, 1.165) is 25.3 Å². The van der Waals surface area contributed by atoms with Gasteiger partial charge in [0, 0.05) is 12.2 Å². The van der Waals surface area contributed by atoms with Crippen LogP contribution < -0.4 is 10.1 Å². The number of rotatable bonds is 4. The Hall–Kier alpha value is -1.65. The Balaban J connectivity index is 2.11. The smallest absolute Gasteiger partial charge is 0.418 e. The molecule has 0 saturated heterocycles. The number of methoxy groups -OCH3 is 1. The van der Waals surface area contributed by atoms with Gasteiger partial charge in [-0.3, -0.25) is 0 Å². The highest BCUT2D eigenvalue weighted by atomic mass is 19.4. The van der Waals surface area contributed by atoms with E-state index < -0.39 is 11.7 Å². The van der Waals surface area contributed by atoms with E-state index in [1.165, 1.54) is 13.2 Å². The summed E-state index contributed by atoms with van der Waals surface area (Å²) in [5.41, 5.74) is -0.559. The van der Waals surface area contributed by atoms with Crippen LogP contribution in [0.15, 0.2) is 30.4 Å². The molecule has 0 radical (unpaired) electrons. The van der Waals surface area contributed by atoms with E-state index in [1.54, 1.807) is 6.07 Å². The zero-order valence-electron chi connectivity index (χ0n) is 11.3. The van der Waals surface area contributed by atoms with Crippen molar-refractivity contribution in [3.05, 3.63) is 35.9 Å². The largest absolute Gasteiger partial charge is 0.497 e. The molecule has 0 heterocycles. The van der Waals surface area contributed by atoms with Crippen molar-refractivity contribution in [3.8, 4) is 5.75 Å². The molecule has 0 aromatic heterocycles. The first kappa shape index (κ1) is 14.8. The lowest BCUT2D eigenvalue weighted by molar-refractivity contribution is -0.137. The van der Waals surface area contributed by atoms with Crippen LogP contribution in [0, 0.1) is 5.92 Å². The molecule has 1 unspecified atom stereocenters. The maximum Gasteiger partial charge on any atom is 0.418 e. The first-order valence-electron chi connectivity index (χ1n) is 6.65. The molecule has 1 aliphatic rings. The lowest BCUT2D eigenvalue weighted by Gasteiger charge is -2.21. The predicted molar refractivity (Wildman–Crippen MR) is 73.0 cm³/mol. The molecule has 0 amide bonds. The molecule has 110 valence electrons. The lowest BCUT2D eigenvalue weighted by atomic mass is 9.94. The molecule has 1 aliphatic carbocycles. The molecular weight excluding hydrogens is 267 g/mol. The number of allylic oxidation sites excluding steroid dienone is 2. The molecule has 0 spiro atoms. The average molecular weight is 285 g/mol. The van der Waals surface area contributed by atoms with Gasteiger partial charge in [0.15, 0.2) is 0 Å². The molecule has 1 N–H and O–H groups in total. The van der Waals surface area contributed by atoms with Crippen LogP contribution >= 0.6 is 0 Å². The number of alkyl halides is 3. The maximum absolute atomic E-state index is 13.0. The van der Waals surface area contributed by atoms with Crippen LogP contribution in [0.4, 0.5) is 18.9 Å². The number of ether oxygens (including phenoxy) is 1. The van der Waals surface area contributed by atoms with Gasteiger partial charge in [-0.25, -0.2) is 0 Å². The van der Waals surface area contributed by atoms with Crippen LogP contribution in [-0.2, 0) is 6.18 Å². The van der Waals surface area contributed by atoms with E-state index >= 15 is 0 Å². The minimum atomic E-state index is -4.39. The van der Waals surface area contributed by atoms with Crippen molar-refractivity contribution in [2.45, 2.75) is 25.4 Å². The van der Waals surface area contributed by atoms with Crippen LogP contribution in [0.3, 0.4) is 0 Å². The van der Waals surface area contributed by atoms with Crippen LogP contribution in [0.1, 0.15) is 24.8 Å². The molecule has 1 aromatic rings. The molecular formula is C15H18F3NO. The highest BCUT2D eigenvalue weighted by Crippen LogP contribution is 2.37. The summed E-state index contributed by atoms with van der Waals surface area (Å²) >= 11 is 0. The number of benzene rings is 1. The lowest BCUT2D eigenvalue weighted by Crippen LogP contribution is -2.18. The van der Waals surface area contributed by atoms with E-state index in [2.05, 4.69) is 17.5 Å². The minimum Gasteiger partial charge on any atom is -0.497 e. The van der Waals surface area contributed by atoms with Crippen LogP contribution in [0.5, 0.6) is 5.75 Å². The van der Waals surface area contributed by atoms with Gasteiger partial charge in [0.2, 0.25) is 0 Å². The summed E-state index contributed by atoms with van der Waals surface area (Å²) in [6, 6.07) is 4.00. The summed E-state index contributed by atoms with van der Waals surface area (Å²) in [5.74, 6) is 0.603. The Morgan fingerprint density at radius 2 is 2.10 bits per heavy atom. The van der Waals surface area contributed by atoms with Crippen molar-refractivity contribution in [1.29, 1.82) is 0 Å². The second kappa shape index (κ2) is 6.20. The fourth-order valence-electron chi connectivity index (χ4n) is 2.34. The number of nitrogens with one attached hydrogen (secondary N) is 1. The quantitative estimate of drug-likeness (QED) is 0.823. The fourth-order valence-corrected chi connectivity index (χ4v) is 2.34. The number of halogens is 3. The summed E-state index contributed by atoms with van der Waals surface area (Å²) < 4.78 is 43.9. The van der Waals surface area contributed by atoms with E-state index in [-0.39, 0.29) is 11.4 Å². The predicted octanol–water partition coefficient (Wildman–Crippen LogP) is 4.48. The third kappa shape index (κ3) is 3.68. The Bertz CT molecular complexity index is 482. The summed E-state index contributed by atoms with van der Waals surface area (Å²) in [6.07, 6.45) is 2.76. The number of hydrogen-bond acceptors (Lipinski definition) is 2.